The molecule has 9 heteroatoms. The molecule has 1 aromatic rings. The van der Waals surface area contributed by atoms with Crippen molar-refractivity contribution in [3.05, 3.63) is 28.3 Å². The number of nitro groups is 1. The molecule has 1 aromatic carbocycles. The van der Waals surface area contributed by atoms with E-state index < -0.39 is 14.9 Å². The number of benzene rings is 1. The number of hydrogen-bond donors (Lipinski definition) is 2. The zero-order chi connectivity index (χ0) is 15.5. The van der Waals surface area contributed by atoms with E-state index >= 15 is 0 Å². The molecule has 1 atom stereocenters. The predicted molar refractivity (Wildman–Crippen MR) is 75.9 cm³/mol. The van der Waals surface area contributed by atoms with E-state index in [2.05, 4.69) is 10.0 Å². The Bertz CT molecular complexity index is 626. The summed E-state index contributed by atoms with van der Waals surface area (Å²) in [5, 5.41) is 13.9. The van der Waals surface area contributed by atoms with Gasteiger partial charge in [0.15, 0.2) is 0 Å². The number of ether oxygens (including phenoxy) is 1. The number of hydrogen-bond acceptors (Lipinski definition) is 6. The van der Waals surface area contributed by atoms with E-state index in [1.807, 2.05) is 0 Å². The average Bonchev–Trinajstić information content (AvgIpc) is 2.47. The molecule has 21 heavy (non-hydrogen) atoms. The van der Waals surface area contributed by atoms with Gasteiger partial charge in [0.1, 0.15) is 10.6 Å². The molecule has 0 aliphatic carbocycles. The Morgan fingerprint density at radius 1 is 1.48 bits per heavy atom. The molecule has 0 spiro atoms. The van der Waals surface area contributed by atoms with Crippen LogP contribution in [-0.4, -0.2) is 39.6 Å². The number of piperidine rings is 1. The van der Waals surface area contributed by atoms with Gasteiger partial charge in [0.2, 0.25) is 10.0 Å². The van der Waals surface area contributed by atoms with E-state index in [-0.39, 0.29) is 22.4 Å². The average molecular weight is 315 g/mol. The van der Waals surface area contributed by atoms with Crippen LogP contribution >= 0.6 is 0 Å². The second-order valence-corrected chi connectivity index (χ2v) is 6.44. The SMILES string of the molecule is COc1ccc([N+](=O)[O-])cc1S(=O)(=O)N[C@@H]1CCCNC1. The molecule has 0 radical (unpaired) electrons. The van der Waals surface area contributed by atoms with Gasteiger partial charge in [-0.25, -0.2) is 13.1 Å². The molecule has 0 saturated carbocycles. The molecule has 2 N–H and O–H groups in total. The smallest absolute Gasteiger partial charge is 0.271 e. The minimum absolute atomic E-state index is 0.0804. The van der Waals surface area contributed by atoms with Crippen molar-refractivity contribution in [1.29, 1.82) is 0 Å². The highest BCUT2D eigenvalue weighted by atomic mass is 32.2. The standard InChI is InChI=1S/C12H17N3O5S/c1-20-11-5-4-10(15(16)17)7-12(11)21(18,19)14-9-3-2-6-13-8-9/h4-5,7,9,13-14H,2-3,6,8H2,1H3/t9-/m1/s1. The molecule has 116 valence electrons. The Labute approximate surface area is 122 Å². The third-order valence-electron chi connectivity index (χ3n) is 3.27. The minimum atomic E-state index is -3.88. The molecule has 1 heterocycles. The highest BCUT2D eigenvalue weighted by molar-refractivity contribution is 7.89. The van der Waals surface area contributed by atoms with Crippen molar-refractivity contribution in [1.82, 2.24) is 10.0 Å². The number of rotatable bonds is 5. The summed E-state index contributed by atoms with van der Waals surface area (Å²) in [6, 6.07) is 3.27. The van der Waals surface area contributed by atoms with Crippen LogP contribution in [0.4, 0.5) is 5.69 Å². The summed E-state index contributed by atoms with van der Waals surface area (Å²) in [5.41, 5.74) is -0.294. The van der Waals surface area contributed by atoms with Crippen LogP contribution in [0.3, 0.4) is 0 Å². The Hall–Kier alpha value is -1.71. The molecular weight excluding hydrogens is 298 g/mol. The van der Waals surface area contributed by atoms with Gasteiger partial charge in [-0.2, -0.15) is 0 Å². The van der Waals surface area contributed by atoms with Gasteiger partial charge < -0.3 is 10.1 Å². The quantitative estimate of drug-likeness (QED) is 0.609. The molecule has 8 nitrogen and oxygen atoms in total. The monoisotopic (exact) mass is 315 g/mol. The molecule has 0 unspecified atom stereocenters. The zero-order valence-corrected chi connectivity index (χ0v) is 12.4. The number of nitrogens with one attached hydrogen (secondary N) is 2. The lowest BCUT2D eigenvalue weighted by Crippen LogP contribution is -2.45. The van der Waals surface area contributed by atoms with Crippen molar-refractivity contribution in [2.75, 3.05) is 20.2 Å². The Kier molecular flexibility index (Phi) is 4.76. The third-order valence-corrected chi connectivity index (χ3v) is 4.81. The van der Waals surface area contributed by atoms with Gasteiger partial charge in [-0.05, 0) is 25.5 Å². The van der Waals surface area contributed by atoms with E-state index in [1.165, 1.54) is 19.2 Å². The Balaban J connectivity index is 2.32. The van der Waals surface area contributed by atoms with E-state index in [9.17, 15) is 18.5 Å². The summed E-state index contributed by atoms with van der Waals surface area (Å²) in [7, 11) is -2.56. The number of non-ortho nitro benzene ring substituents is 1. The van der Waals surface area contributed by atoms with E-state index in [1.54, 1.807) is 0 Å². The fraction of sp³-hybridized carbons (Fsp3) is 0.500. The Morgan fingerprint density at radius 3 is 2.81 bits per heavy atom. The van der Waals surface area contributed by atoms with Crippen LogP contribution < -0.4 is 14.8 Å². The summed E-state index contributed by atoms with van der Waals surface area (Å²) in [6.07, 6.45) is 1.60. The zero-order valence-electron chi connectivity index (χ0n) is 11.5. The topological polar surface area (TPSA) is 111 Å². The van der Waals surface area contributed by atoms with Crippen LogP contribution in [0.25, 0.3) is 0 Å². The minimum Gasteiger partial charge on any atom is -0.495 e. The predicted octanol–water partition coefficient (Wildman–Crippen LogP) is 0.634. The first kappa shape index (κ1) is 15.7. The Morgan fingerprint density at radius 2 is 2.24 bits per heavy atom. The molecule has 2 rings (SSSR count). The van der Waals surface area contributed by atoms with Gasteiger partial charge in [0.05, 0.1) is 12.0 Å². The first-order valence-electron chi connectivity index (χ1n) is 6.49. The third kappa shape index (κ3) is 3.69. The number of nitrogens with zero attached hydrogens (tertiary/aromatic N) is 1. The van der Waals surface area contributed by atoms with Crippen LogP contribution in [0.2, 0.25) is 0 Å². The van der Waals surface area contributed by atoms with Gasteiger partial charge in [-0.1, -0.05) is 0 Å². The summed E-state index contributed by atoms with van der Waals surface area (Å²) < 4.78 is 32.4. The largest absolute Gasteiger partial charge is 0.495 e. The van der Waals surface area contributed by atoms with Crippen molar-refractivity contribution < 1.29 is 18.1 Å². The second-order valence-electron chi connectivity index (χ2n) is 4.76. The number of methoxy groups -OCH3 is 1. The number of nitro benzene ring substituents is 1. The van der Waals surface area contributed by atoms with Crippen molar-refractivity contribution in [3.63, 3.8) is 0 Å². The van der Waals surface area contributed by atoms with Crippen LogP contribution in [0.5, 0.6) is 5.75 Å². The van der Waals surface area contributed by atoms with Crippen molar-refractivity contribution in [3.8, 4) is 5.75 Å². The summed E-state index contributed by atoms with van der Waals surface area (Å²) in [5.74, 6) is 0.0804. The van der Waals surface area contributed by atoms with Crippen molar-refractivity contribution >= 4 is 15.7 Å². The van der Waals surface area contributed by atoms with Gasteiger partial charge in [-0.3, -0.25) is 10.1 Å². The first-order valence-corrected chi connectivity index (χ1v) is 7.98. The first-order chi connectivity index (χ1) is 9.94. The molecule has 0 aromatic heterocycles. The normalized spacial score (nSPS) is 19.2. The second kappa shape index (κ2) is 6.37. The van der Waals surface area contributed by atoms with Gasteiger partial charge >= 0.3 is 0 Å². The van der Waals surface area contributed by atoms with E-state index in [4.69, 9.17) is 4.74 Å². The fourth-order valence-corrected chi connectivity index (χ4v) is 3.68. The van der Waals surface area contributed by atoms with Gasteiger partial charge in [0, 0.05) is 24.7 Å². The van der Waals surface area contributed by atoms with E-state index in [0.29, 0.717) is 6.54 Å². The maximum atomic E-state index is 12.4. The highest BCUT2D eigenvalue weighted by Gasteiger charge is 2.26. The molecule has 1 aliphatic rings. The van der Waals surface area contributed by atoms with Crippen LogP contribution in [-0.2, 0) is 10.0 Å². The van der Waals surface area contributed by atoms with E-state index in [0.717, 1.165) is 25.5 Å². The van der Waals surface area contributed by atoms with Gasteiger partial charge in [-0.15, -0.1) is 0 Å². The lowest BCUT2D eigenvalue weighted by atomic mass is 10.1. The molecule has 1 fully saturated rings. The lowest BCUT2D eigenvalue weighted by Gasteiger charge is -2.23. The molecule has 1 saturated heterocycles. The summed E-state index contributed by atoms with van der Waals surface area (Å²) in [6.45, 7) is 1.40. The lowest BCUT2D eigenvalue weighted by molar-refractivity contribution is -0.385. The molecule has 0 amide bonds. The number of sulfonamides is 1. The van der Waals surface area contributed by atoms with Crippen LogP contribution in [0.15, 0.2) is 23.1 Å². The molecular formula is C12H17N3O5S. The van der Waals surface area contributed by atoms with Crippen LogP contribution in [0, 0.1) is 10.1 Å². The van der Waals surface area contributed by atoms with Crippen molar-refractivity contribution in [2.24, 2.45) is 0 Å². The van der Waals surface area contributed by atoms with Crippen molar-refractivity contribution in [2.45, 2.75) is 23.8 Å². The summed E-state index contributed by atoms with van der Waals surface area (Å²) in [4.78, 5) is 9.95. The summed E-state index contributed by atoms with van der Waals surface area (Å²) >= 11 is 0. The molecule has 0 bridgehead atoms. The van der Waals surface area contributed by atoms with Gasteiger partial charge in [0.25, 0.3) is 5.69 Å². The molecule has 1 aliphatic heterocycles. The van der Waals surface area contributed by atoms with Crippen LogP contribution in [0.1, 0.15) is 12.8 Å². The fourth-order valence-electron chi connectivity index (χ4n) is 2.22. The maximum Gasteiger partial charge on any atom is 0.271 e. The maximum absolute atomic E-state index is 12.4. The highest BCUT2D eigenvalue weighted by Crippen LogP contribution is 2.28.